The third-order valence-corrected chi connectivity index (χ3v) is 4.30. The Kier molecular flexibility index (Phi) is 5.26. The molecule has 0 aromatic heterocycles. The van der Waals surface area contributed by atoms with Gasteiger partial charge < -0.3 is 10.2 Å². The van der Waals surface area contributed by atoms with Gasteiger partial charge in [-0.05, 0) is 36.5 Å². The molecule has 0 unspecified atom stereocenters. The Balaban J connectivity index is 1.51. The number of hydrogen-bond donors (Lipinski definition) is 1. The fourth-order valence-corrected chi connectivity index (χ4v) is 3.08. The summed E-state index contributed by atoms with van der Waals surface area (Å²) in [4.78, 5) is 26.3. The molecule has 0 radical (unpaired) electrons. The van der Waals surface area contributed by atoms with Crippen molar-refractivity contribution in [3.8, 4) is 0 Å². The summed E-state index contributed by atoms with van der Waals surface area (Å²) in [7, 11) is 0. The number of fused-ring (bicyclic) bond motifs is 1. The molecule has 1 N–H and O–H groups in total. The highest BCUT2D eigenvalue weighted by molar-refractivity contribution is 6.05. The van der Waals surface area contributed by atoms with Crippen LogP contribution in [0.5, 0.6) is 0 Å². The summed E-state index contributed by atoms with van der Waals surface area (Å²) in [6, 6.07) is 17.9. The summed E-state index contributed by atoms with van der Waals surface area (Å²) in [5.74, 6) is -0.335. The fourth-order valence-electron chi connectivity index (χ4n) is 3.08. The smallest absolute Gasteiger partial charge is 0.236 e. The second-order valence-corrected chi connectivity index (χ2v) is 6.04. The number of aryl methyl sites for hydroxylation is 1. The van der Waals surface area contributed by atoms with Crippen molar-refractivity contribution in [2.45, 2.75) is 25.7 Å². The Labute approximate surface area is 142 Å². The highest BCUT2D eigenvalue weighted by atomic mass is 16.2. The first-order valence-electron chi connectivity index (χ1n) is 8.43. The first kappa shape index (κ1) is 16.2. The van der Waals surface area contributed by atoms with Crippen LogP contribution in [0.4, 0.5) is 5.69 Å². The van der Waals surface area contributed by atoms with E-state index in [1.165, 1.54) is 11.1 Å². The number of nitrogens with zero attached hydrogens (tertiary/aromatic N) is 1. The van der Waals surface area contributed by atoms with Crippen LogP contribution in [0.25, 0.3) is 0 Å². The van der Waals surface area contributed by atoms with Gasteiger partial charge in [-0.25, -0.2) is 0 Å². The minimum absolute atomic E-state index is 0.0941. The van der Waals surface area contributed by atoms with Crippen molar-refractivity contribution in [1.82, 2.24) is 5.32 Å². The standard InChI is InChI=1S/C20H22N2O2/c23-19(21-13-12-16-7-2-1-3-8-16)15-20(24)22-14-6-10-17-9-4-5-11-18(17)22/h1-5,7-9,11H,6,10,12-15H2,(H,21,23). The number of anilines is 1. The van der Waals surface area contributed by atoms with Gasteiger partial charge in [-0.15, -0.1) is 0 Å². The van der Waals surface area contributed by atoms with E-state index in [2.05, 4.69) is 11.4 Å². The molecule has 124 valence electrons. The van der Waals surface area contributed by atoms with Gasteiger partial charge >= 0.3 is 0 Å². The number of carbonyl (C=O) groups excluding carboxylic acids is 2. The monoisotopic (exact) mass is 322 g/mol. The molecular formula is C20H22N2O2. The van der Waals surface area contributed by atoms with Crippen LogP contribution in [0.2, 0.25) is 0 Å². The number of hydrogen-bond acceptors (Lipinski definition) is 2. The molecule has 0 aliphatic carbocycles. The lowest BCUT2D eigenvalue weighted by Gasteiger charge is -2.29. The van der Waals surface area contributed by atoms with Crippen LogP contribution >= 0.6 is 0 Å². The quantitative estimate of drug-likeness (QED) is 0.861. The lowest BCUT2D eigenvalue weighted by molar-refractivity contribution is -0.127. The normalized spacial score (nSPS) is 13.2. The number of rotatable bonds is 5. The van der Waals surface area contributed by atoms with E-state index in [1.807, 2.05) is 48.5 Å². The predicted molar refractivity (Wildman–Crippen MR) is 94.9 cm³/mol. The zero-order chi connectivity index (χ0) is 16.8. The Morgan fingerprint density at radius 2 is 1.75 bits per heavy atom. The minimum atomic E-state index is -0.209. The SMILES string of the molecule is O=C(CC(=O)N1CCCc2ccccc21)NCCc1ccccc1. The van der Waals surface area contributed by atoms with Gasteiger partial charge in [0, 0.05) is 18.8 Å². The highest BCUT2D eigenvalue weighted by Gasteiger charge is 2.23. The molecule has 0 fully saturated rings. The van der Waals surface area contributed by atoms with Gasteiger partial charge in [0.05, 0.1) is 0 Å². The molecule has 1 aliphatic rings. The molecule has 1 aliphatic heterocycles. The maximum absolute atomic E-state index is 12.5. The molecule has 2 aromatic carbocycles. The van der Waals surface area contributed by atoms with E-state index >= 15 is 0 Å². The average molecular weight is 322 g/mol. The van der Waals surface area contributed by atoms with E-state index in [9.17, 15) is 9.59 Å². The molecular weight excluding hydrogens is 300 g/mol. The summed E-state index contributed by atoms with van der Waals surface area (Å²) in [5, 5.41) is 2.84. The van der Waals surface area contributed by atoms with E-state index < -0.39 is 0 Å². The molecule has 4 heteroatoms. The zero-order valence-corrected chi connectivity index (χ0v) is 13.7. The summed E-state index contributed by atoms with van der Waals surface area (Å²) in [6.07, 6.45) is 2.61. The van der Waals surface area contributed by atoms with E-state index in [0.29, 0.717) is 13.1 Å². The average Bonchev–Trinajstić information content (AvgIpc) is 2.62. The largest absolute Gasteiger partial charge is 0.355 e. The minimum Gasteiger partial charge on any atom is -0.355 e. The van der Waals surface area contributed by atoms with Crippen LogP contribution in [0.15, 0.2) is 54.6 Å². The lowest BCUT2D eigenvalue weighted by Crippen LogP contribution is -2.39. The summed E-state index contributed by atoms with van der Waals surface area (Å²) < 4.78 is 0. The molecule has 24 heavy (non-hydrogen) atoms. The predicted octanol–water partition coefficient (Wildman–Crippen LogP) is 2.71. The Hall–Kier alpha value is -2.62. The van der Waals surface area contributed by atoms with Crippen molar-refractivity contribution >= 4 is 17.5 Å². The zero-order valence-electron chi connectivity index (χ0n) is 13.7. The maximum Gasteiger partial charge on any atom is 0.236 e. The summed E-state index contributed by atoms with van der Waals surface area (Å²) in [6.45, 7) is 1.24. The van der Waals surface area contributed by atoms with Crippen molar-refractivity contribution in [3.63, 3.8) is 0 Å². The van der Waals surface area contributed by atoms with Crippen LogP contribution in [-0.2, 0) is 22.4 Å². The second-order valence-electron chi connectivity index (χ2n) is 6.04. The van der Waals surface area contributed by atoms with Crippen LogP contribution < -0.4 is 10.2 Å². The first-order chi connectivity index (χ1) is 11.7. The van der Waals surface area contributed by atoms with Gasteiger partial charge in [0.1, 0.15) is 6.42 Å². The van der Waals surface area contributed by atoms with Crippen molar-refractivity contribution in [2.24, 2.45) is 0 Å². The van der Waals surface area contributed by atoms with Gasteiger partial charge in [0.2, 0.25) is 11.8 Å². The van der Waals surface area contributed by atoms with Gasteiger partial charge in [-0.1, -0.05) is 48.5 Å². The van der Waals surface area contributed by atoms with Gasteiger partial charge in [0.15, 0.2) is 0 Å². The van der Waals surface area contributed by atoms with E-state index in [0.717, 1.165) is 24.9 Å². The van der Waals surface area contributed by atoms with Crippen LogP contribution in [0.1, 0.15) is 24.0 Å². The van der Waals surface area contributed by atoms with E-state index in [1.54, 1.807) is 4.90 Å². The molecule has 0 bridgehead atoms. The number of amides is 2. The molecule has 0 spiro atoms. The summed E-state index contributed by atoms with van der Waals surface area (Å²) >= 11 is 0. The first-order valence-corrected chi connectivity index (χ1v) is 8.43. The third-order valence-electron chi connectivity index (χ3n) is 4.30. The lowest BCUT2D eigenvalue weighted by atomic mass is 10.0. The van der Waals surface area contributed by atoms with Gasteiger partial charge in [-0.2, -0.15) is 0 Å². The Morgan fingerprint density at radius 3 is 2.58 bits per heavy atom. The van der Waals surface area contributed by atoms with E-state index in [4.69, 9.17) is 0 Å². The van der Waals surface area contributed by atoms with Crippen LogP contribution in [0, 0.1) is 0 Å². The Morgan fingerprint density at radius 1 is 1.00 bits per heavy atom. The van der Waals surface area contributed by atoms with Gasteiger partial charge in [-0.3, -0.25) is 9.59 Å². The molecule has 4 nitrogen and oxygen atoms in total. The van der Waals surface area contributed by atoms with Crippen molar-refractivity contribution in [3.05, 3.63) is 65.7 Å². The molecule has 2 aromatic rings. The van der Waals surface area contributed by atoms with Crippen molar-refractivity contribution in [1.29, 1.82) is 0 Å². The highest BCUT2D eigenvalue weighted by Crippen LogP contribution is 2.27. The number of benzene rings is 2. The van der Waals surface area contributed by atoms with Crippen molar-refractivity contribution in [2.75, 3.05) is 18.0 Å². The van der Waals surface area contributed by atoms with Gasteiger partial charge in [0.25, 0.3) is 0 Å². The van der Waals surface area contributed by atoms with Crippen LogP contribution in [-0.4, -0.2) is 24.9 Å². The number of para-hydroxylation sites is 1. The molecule has 1 heterocycles. The topological polar surface area (TPSA) is 49.4 Å². The summed E-state index contributed by atoms with van der Waals surface area (Å²) in [5.41, 5.74) is 3.31. The Bertz CT molecular complexity index is 713. The molecule has 2 amide bonds. The number of nitrogens with one attached hydrogen (secondary N) is 1. The second kappa shape index (κ2) is 7.77. The maximum atomic E-state index is 12.5. The number of carbonyl (C=O) groups is 2. The third kappa shape index (κ3) is 4.02. The van der Waals surface area contributed by atoms with Crippen LogP contribution in [0.3, 0.4) is 0 Å². The molecule has 0 atom stereocenters. The molecule has 0 saturated heterocycles. The molecule has 3 rings (SSSR count). The van der Waals surface area contributed by atoms with E-state index in [-0.39, 0.29) is 18.2 Å². The fraction of sp³-hybridized carbons (Fsp3) is 0.300. The van der Waals surface area contributed by atoms with Crippen molar-refractivity contribution < 1.29 is 9.59 Å². The molecule has 0 saturated carbocycles.